The molecule has 21 heavy (non-hydrogen) atoms. The molecule has 5 nitrogen and oxygen atoms in total. The van der Waals surface area contributed by atoms with Crippen molar-refractivity contribution in [2.75, 3.05) is 12.4 Å². The summed E-state index contributed by atoms with van der Waals surface area (Å²) in [6, 6.07) is 10.6. The first-order valence-corrected chi connectivity index (χ1v) is 7.11. The predicted octanol–water partition coefficient (Wildman–Crippen LogP) is 2.38. The number of carbonyl (C=O) groups is 2. The molecule has 108 valence electrons. The van der Waals surface area contributed by atoms with E-state index < -0.39 is 0 Å². The van der Waals surface area contributed by atoms with Crippen molar-refractivity contribution in [2.45, 2.75) is 6.42 Å². The van der Waals surface area contributed by atoms with Gasteiger partial charge in [0.1, 0.15) is 5.69 Å². The molecule has 0 saturated heterocycles. The molecule has 2 aromatic rings. The van der Waals surface area contributed by atoms with Crippen molar-refractivity contribution in [1.29, 1.82) is 0 Å². The molecule has 2 amide bonds. The van der Waals surface area contributed by atoms with Crippen LogP contribution in [0.2, 0.25) is 0 Å². The van der Waals surface area contributed by atoms with Crippen LogP contribution in [0.15, 0.2) is 47.1 Å². The summed E-state index contributed by atoms with van der Waals surface area (Å²) in [4.78, 5) is 27.7. The Morgan fingerprint density at radius 3 is 2.62 bits per heavy atom. The van der Waals surface area contributed by atoms with Gasteiger partial charge in [-0.3, -0.25) is 9.59 Å². The van der Waals surface area contributed by atoms with Crippen LogP contribution in [0.4, 0.5) is 5.69 Å². The van der Waals surface area contributed by atoms with Gasteiger partial charge in [-0.05, 0) is 39.7 Å². The molecule has 1 aromatic heterocycles. The van der Waals surface area contributed by atoms with Gasteiger partial charge < -0.3 is 10.6 Å². The van der Waals surface area contributed by atoms with Crippen LogP contribution in [0.25, 0.3) is 0 Å². The van der Waals surface area contributed by atoms with Gasteiger partial charge >= 0.3 is 0 Å². The summed E-state index contributed by atoms with van der Waals surface area (Å²) in [5, 5.41) is 5.34. The number of rotatable bonds is 4. The van der Waals surface area contributed by atoms with Crippen molar-refractivity contribution >= 4 is 33.4 Å². The van der Waals surface area contributed by atoms with Crippen LogP contribution in [-0.2, 0) is 11.2 Å². The Kier molecular flexibility index (Phi) is 5.05. The number of pyridine rings is 1. The lowest BCUT2D eigenvalue weighted by molar-refractivity contribution is -0.119. The number of nitrogens with zero attached hydrogens (tertiary/aromatic N) is 1. The molecule has 0 saturated carbocycles. The van der Waals surface area contributed by atoms with Gasteiger partial charge in [0.2, 0.25) is 5.91 Å². The maximum absolute atomic E-state index is 12.1. The zero-order valence-corrected chi connectivity index (χ0v) is 13.0. The number of halogens is 1. The Bertz CT molecular complexity index is 656. The molecule has 2 rings (SSSR count). The molecule has 0 spiro atoms. The Morgan fingerprint density at radius 2 is 1.95 bits per heavy atom. The monoisotopic (exact) mass is 347 g/mol. The van der Waals surface area contributed by atoms with Crippen LogP contribution in [0.3, 0.4) is 0 Å². The summed E-state index contributed by atoms with van der Waals surface area (Å²) >= 11 is 3.27. The van der Waals surface area contributed by atoms with Crippen molar-refractivity contribution in [1.82, 2.24) is 10.3 Å². The fourth-order valence-corrected chi connectivity index (χ4v) is 1.99. The molecule has 0 radical (unpaired) electrons. The summed E-state index contributed by atoms with van der Waals surface area (Å²) in [5.74, 6) is -0.426. The van der Waals surface area contributed by atoms with E-state index in [1.165, 1.54) is 0 Å². The lowest BCUT2D eigenvalue weighted by Gasteiger charge is -2.10. The molecule has 0 aliphatic heterocycles. The first-order chi connectivity index (χ1) is 10.1. The van der Waals surface area contributed by atoms with Gasteiger partial charge in [-0.2, -0.15) is 0 Å². The number of anilines is 1. The number of carbonyl (C=O) groups excluding carboxylic acids is 2. The summed E-state index contributed by atoms with van der Waals surface area (Å²) in [6.45, 7) is 0. The van der Waals surface area contributed by atoms with E-state index in [2.05, 4.69) is 31.5 Å². The number of hydrogen-bond acceptors (Lipinski definition) is 3. The third kappa shape index (κ3) is 4.13. The number of para-hydroxylation sites is 1. The number of likely N-dealkylation sites (N-methyl/N-ethyl adjacent to an activating group) is 1. The van der Waals surface area contributed by atoms with Crippen LogP contribution < -0.4 is 10.6 Å². The minimum absolute atomic E-state index is 0.113. The first-order valence-electron chi connectivity index (χ1n) is 6.31. The van der Waals surface area contributed by atoms with Crippen molar-refractivity contribution in [2.24, 2.45) is 0 Å². The highest BCUT2D eigenvalue weighted by atomic mass is 79.9. The average Bonchev–Trinajstić information content (AvgIpc) is 2.49. The molecule has 0 atom stereocenters. The number of hydrogen-bond donors (Lipinski definition) is 2. The molecule has 2 N–H and O–H groups in total. The molecule has 0 fully saturated rings. The molecular formula is C15H14BrN3O2. The van der Waals surface area contributed by atoms with Crippen LogP contribution >= 0.6 is 15.9 Å². The van der Waals surface area contributed by atoms with Crippen LogP contribution in [-0.4, -0.2) is 23.8 Å². The van der Waals surface area contributed by atoms with E-state index in [-0.39, 0.29) is 18.2 Å². The third-order valence-corrected chi connectivity index (χ3v) is 3.32. The number of benzene rings is 1. The van der Waals surface area contributed by atoms with E-state index in [4.69, 9.17) is 0 Å². The zero-order chi connectivity index (χ0) is 15.2. The van der Waals surface area contributed by atoms with Crippen molar-refractivity contribution in [3.63, 3.8) is 0 Å². The fraction of sp³-hybridized carbons (Fsp3) is 0.133. The van der Waals surface area contributed by atoms with Crippen molar-refractivity contribution < 1.29 is 9.59 Å². The molecule has 1 aromatic carbocycles. The third-order valence-electron chi connectivity index (χ3n) is 2.86. The van der Waals surface area contributed by atoms with Crippen molar-refractivity contribution in [3.8, 4) is 0 Å². The van der Waals surface area contributed by atoms with E-state index in [0.717, 1.165) is 10.0 Å². The predicted molar refractivity (Wildman–Crippen MR) is 84.1 cm³/mol. The molecule has 0 aliphatic carbocycles. The standard InChI is InChI=1S/C15H14BrN3O2/c1-17-14(20)8-10-4-2-3-5-12(10)19-15(21)13-7-6-11(16)9-18-13/h2-7,9H,8H2,1H3,(H,17,20)(H,19,21). The Labute approximate surface area is 130 Å². The maximum Gasteiger partial charge on any atom is 0.274 e. The van der Waals surface area contributed by atoms with E-state index in [1.54, 1.807) is 43.6 Å². The summed E-state index contributed by atoms with van der Waals surface area (Å²) in [5.41, 5.74) is 1.67. The SMILES string of the molecule is CNC(=O)Cc1ccccc1NC(=O)c1ccc(Br)cn1. The minimum atomic E-state index is -0.313. The second-order valence-corrected chi connectivity index (χ2v) is 5.24. The largest absolute Gasteiger partial charge is 0.359 e. The highest BCUT2D eigenvalue weighted by Crippen LogP contribution is 2.17. The van der Waals surface area contributed by atoms with Gasteiger partial charge in [-0.15, -0.1) is 0 Å². The molecule has 6 heteroatoms. The number of amides is 2. The van der Waals surface area contributed by atoms with Gasteiger partial charge in [-0.1, -0.05) is 18.2 Å². The van der Waals surface area contributed by atoms with E-state index in [1.807, 2.05) is 6.07 Å². The van der Waals surface area contributed by atoms with Crippen molar-refractivity contribution in [3.05, 3.63) is 58.3 Å². The Hall–Kier alpha value is -2.21. The topological polar surface area (TPSA) is 71.1 Å². The van der Waals surface area contributed by atoms with Crippen LogP contribution in [0, 0.1) is 0 Å². The quantitative estimate of drug-likeness (QED) is 0.891. The first kappa shape index (κ1) is 15.2. The smallest absolute Gasteiger partial charge is 0.274 e. The summed E-state index contributed by atoms with van der Waals surface area (Å²) in [7, 11) is 1.58. The van der Waals surface area contributed by atoms with E-state index >= 15 is 0 Å². The Balaban J connectivity index is 2.17. The number of aromatic nitrogens is 1. The van der Waals surface area contributed by atoms with Gasteiger partial charge in [0, 0.05) is 23.4 Å². The van der Waals surface area contributed by atoms with Gasteiger partial charge in [0.15, 0.2) is 0 Å². The average molecular weight is 348 g/mol. The number of nitrogens with one attached hydrogen (secondary N) is 2. The second-order valence-electron chi connectivity index (χ2n) is 4.32. The second kappa shape index (κ2) is 6.99. The maximum atomic E-state index is 12.1. The molecule has 0 aliphatic rings. The fourth-order valence-electron chi connectivity index (χ4n) is 1.75. The van der Waals surface area contributed by atoms with Crippen LogP contribution in [0.1, 0.15) is 16.1 Å². The Morgan fingerprint density at radius 1 is 1.19 bits per heavy atom. The van der Waals surface area contributed by atoms with E-state index in [9.17, 15) is 9.59 Å². The zero-order valence-electron chi connectivity index (χ0n) is 11.4. The van der Waals surface area contributed by atoms with Gasteiger partial charge in [0.05, 0.1) is 6.42 Å². The lowest BCUT2D eigenvalue weighted by Crippen LogP contribution is -2.21. The van der Waals surface area contributed by atoms with Crippen LogP contribution in [0.5, 0.6) is 0 Å². The highest BCUT2D eigenvalue weighted by Gasteiger charge is 2.11. The minimum Gasteiger partial charge on any atom is -0.359 e. The molecular weight excluding hydrogens is 334 g/mol. The lowest BCUT2D eigenvalue weighted by atomic mass is 10.1. The normalized spacial score (nSPS) is 10.0. The van der Waals surface area contributed by atoms with Gasteiger partial charge in [-0.25, -0.2) is 4.98 Å². The van der Waals surface area contributed by atoms with E-state index in [0.29, 0.717) is 11.4 Å². The molecule has 0 unspecified atom stereocenters. The highest BCUT2D eigenvalue weighted by molar-refractivity contribution is 9.10. The summed E-state index contributed by atoms with van der Waals surface area (Å²) < 4.78 is 0.805. The molecule has 0 bridgehead atoms. The molecule has 1 heterocycles. The summed E-state index contributed by atoms with van der Waals surface area (Å²) in [6.07, 6.45) is 1.77. The van der Waals surface area contributed by atoms with Gasteiger partial charge in [0.25, 0.3) is 5.91 Å².